The summed E-state index contributed by atoms with van der Waals surface area (Å²) in [4.78, 5) is 13.4. The number of nitrogens with zero attached hydrogens (tertiary/aromatic N) is 1. The van der Waals surface area contributed by atoms with Gasteiger partial charge in [-0.1, -0.05) is 31.4 Å². The Morgan fingerprint density at radius 2 is 1.88 bits per heavy atom. The first-order valence-corrected chi connectivity index (χ1v) is 9.52. The molecule has 0 spiro atoms. The van der Waals surface area contributed by atoms with Crippen LogP contribution < -0.4 is 5.32 Å². The zero-order valence-electron chi connectivity index (χ0n) is 14.5. The van der Waals surface area contributed by atoms with Crippen LogP contribution in [-0.4, -0.2) is 41.1 Å². The molecular formula is C20H30N2O2. The molecule has 24 heavy (non-hydrogen) atoms. The van der Waals surface area contributed by atoms with Gasteiger partial charge < -0.3 is 15.3 Å². The fourth-order valence-corrected chi connectivity index (χ4v) is 4.16. The molecular weight excluding hydrogens is 300 g/mol. The lowest BCUT2D eigenvalue weighted by Crippen LogP contribution is -2.45. The summed E-state index contributed by atoms with van der Waals surface area (Å²) in [6, 6.07) is 9.61. The Bertz CT molecular complexity index is 532. The van der Waals surface area contributed by atoms with Crippen molar-refractivity contribution in [3.63, 3.8) is 0 Å². The molecule has 1 saturated carbocycles. The number of rotatable bonds is 6. The van der Waals surface area contributed by atoms with Gasteiger partial charge in [-0.2, -0.15) is 0 Å². The van der Waals surface area contributed by atoms with Gasteiger partial charge in [-0.15, -0.1) is 0 Å². The van der Waals surface area contributed by atoms with Gasteiger partial charge in [0.1, 0.15) is 0 Å². The van der Waals surface area contributed by atoms with Crippen LogP contribution in [0.5, 0.6) is 0 Å². The van der Waals surface area contributed by atoms with Crippen LogP contribution in [0.4, 0.5) is 5.69 Å². The van der Waals surface area contributed by atoms with E-state index in [0.717, 1.165) is 17.3 Å². The quantitative estimate of drug-likeness (QED) is 0.830. The van der Waals surface area contributed by atoms with Gasteiger partial charge in [0.05, 0.1) is 0 Å². The normalized spacial score (nSPS) is 20.8. The molecule has 1 aromatic rings. The first-order valence-electron chi connectivity index (χ1n) is 9.52. The second kappa shape index (κ2) is 8.52. The number of carboxylic acid groups (broad SMARTS) is 1. The van der Waals surface area contributed by atoms with Crippen molar-refractivity contribution in [2.75, 3.05) is 18.4 Å². The van der Waals surface area contributed by atoms with Crippen LogP contribution in [0.2, 0.25) is 0 Å². The molecule has 0 aromatic heterocycles. The predicted octanol–water partition coefficient (Wildman–Crippen LogP) is 3.91. The van der Waals surface area contributed by atoms with Crippen molar-refractivity contribution in [2.24, 2.45) is 0 Å². The SMILES string of the molecule is O=C(O)CCc1cccc(NC2CCN(C3CCCCC3)CC2)c1. The van der Waals surface area contributed by atoms with Crippen molar-refractivity contribution in [1.82, 2.24) is 4.90 Å². The van der Waals surface area contributed by atoms with Gasteiger partial charge in [-0.25, -0.2) is 0 Å². The van der Waals surface area contributed by atoms with Gasteiger partial charge in [0, 0.05) is 37.3 Å². The molecule has 0 amide bonds. The third-order valence-electron chi connectivity index (χ3n) is 5.55. The summed E-state index contributed by atoms with van der Waals surface area (Å²) in [5.41, 5.74) is 2.23. The zero-order valence-corrected chi connectivity index (χ0v) is 14.5. The average molecular weight is 330 g/mol. The van der Waals surface area contributed by atoms with Crippen molar-refractivity contribution in [1.29, 1.82) is 0 Å². The Kier molecular flexibility index (Phi) is 6.13. The average Bonchev–Trinajstić information content (AvgIpc) is 2.62. The predicted molar refractivity (Wildman–Crippen MR) is 97.5 cm³/mol. The minimum absolute atomic E-state index is 0.198. The second-order valence-electron chi connectivity index (χ2n) is 7.34. The molecule has 1 aromatic carbocycles. The minimum atomic E-state index is -0.733. The molecule has 1 saturated heterocycles. The molecule has 132 valence electrons. The van der Waals surface area contributed by atoms with E-state index in [9.17, 15) is 4.79 Å². The maximum absolute atomic E-state index is 10.7. The van der Waals surface area contributed by atoms with E-state index in [1.165, 1.54) is 58.0 Å². The first-order chi connectivity index (χ1) is 11.7. The van der Waals surface area contributed by atoms with E-state index in [-0.39, 0.29) is 6.42 Å². The summed E-state index contributed by atoms with van der Waals surface area (Å²) in [7, 11) is 0. The highest BCUT2D eigenvalue weighted by Crippen LogP contribution is 2.26. The topological polar surface area (TPSA) is 52.6 Å². The summed E-state index contributed by atoms with van der Waals surface area (Å²) in [5.74, 6) is -0.733. The van der Waals surface area contributed by atoms with Crippen molar-refractivity contribution in [3.05, 3.63) is 29.8 Å². The van der Waals surface area contributed by atoms with Gasteiger partial charge in [0.2, 0.25) is 0 Å². The van der Waals surface area contributed by atoms with Gasteiger partial charge in [-0.3, -0.25) is 4.79 Å². The second-order valence-corrected chi connectivity index (χ2v) is 7.34. The number of piperidine rings is 1. The lowest BCUT2D eigenvalue weighted by atomic mass is 9.92. The molecule has 0 atom stereocenters. The van der Waals surface area contributed by atoms with Gasteiger partial charge in [0.25, 0.3) is 0 Å². The maximum Gasteiger partial charge on any atom is 0.303 e. The fourth-order valence-electron chi connectivity index (χ4n) is 4.16. The standard InChI is InChI=1S/C20H30N2O2/c23-20(24)10-9-16-5-4-6-18(15-16)21-17-11-13-22(14-12-17)19-7-2-1-3-8-19/h4-6,15,17,19,21H,1-3,7-14H2,(H,23,24). The van der Waals surface area contributed by atoms with Crippen molar-refractivity contribution < 1.29 is 9.90 Å². The molecule has 3 rings (SSSR count). The van der Waals surface area contributed by atoms with Crippen LogP contribution in [0, 0.1) is 0 Å². The Balaban J connectivity index is 1.47. The van der Waals surface area contributed by atoms with E-state index in [1.807, 2.05) is 12.1 Å². The number of aliphatic carboxylic acids is 1. The molecule has 4 heteroatoms. The molecule has 1 aliphatic heterocycles. The summed E-state index contributed by atoms with van der Waals surface area (Å²) in [6.07, 6.45) is 10.2. The maximum atomic E-state index is 10.7. The third kappa shape index (κ3) is 4.97. The molecule has 2 fully saturated rings. The van der Waals surface area contributed by atoms with Crippen molar-refractivity contribution in [2.45, 2.75) is 69.9 Å². The van der Waals surface area contributed by atoms with Crippen LogP contribution in [0.15, 0.2) is 24.3 Å². The number of hydrogen-bond acceptors (Lipinski definition) is 3. The van der Waals surface area contributed by atoms with Crippen LogP contribution in [0.3, 0.4) is 0 Å². The first kappa shape index (κ1) is 17.3. The third-order valence-corrected chi connectivity index (χ3v) is 5.55. The molecule has 0 radical (unpaired) electrons. The van der Waals surface area contributed by atoms with E-state index < -0.39 is 5.97 Å². The Morgan fingerprint density at radius 3 is 2.58 bits per heavy atom. The number of likely N-dealkylation sites (tertiary alicyclic amines) is 1. The summed E-state index contributed by atoms with van der Waals surface area (Å²) < 4.78 is 0. The Labute approximate surface area is 145 Å². The number of carboxylic acids is 1. The van der Waals surface area contributed by atoms with Gasteiger partial charge >= 0.3 is 5.97 Å². The van der Waals surface area contributed by atoms with Crippen LogP contribution in [0.1, 0.15) is 56.9 Å². The number of carbonyl (C=O) groups is 1. The lowest BCUT2D eigenvalue weighted by molar-refractivity contribution is -0.136. The van der Waals surface area contributed by atoms with Crippen LogP contribution >= 0.6 is 0 Å². The number of anilines is 1. The summed E-state index contributed by atoms with van der Waals surface area (Å²) >= 11 is 0. The zero-order chi connectivity index (χ0) is 16.8. The highest BCUT2D eigenvalue weighted by molar-refractivity contribution is 5.67. The van der Waals surface area contributed by atoms with Crippen molar-refractivity contribution >= 4 is 11.7 Å². The van der Waals surface area contributed by atoms with Crippen LogP contribution in [0.25, 0.3) is 0 Å². The molecule has 1 heterocycles. The highest BCUT2D eigenvalue weighted by atomic mass is 16.4. The number of aryl methyl sites for hydroxylation is 1. The molecule has 1 aliphatic carbocycles. The Hall–Kier alpha value is -1.55. The van der Waals surface area contributed by atoms with E-state index in [2.05, 4.69) is 22.3 Å². The van der Waals surface area contributed by atoms with Gasteiger partial charge in [-0.05, 0) is 49.8 Å². The van der Waals surface area contributed by atoms with E-state index in [0.29, 0.717) is 12.5 Å². The smallest absolute Gasteiger partial charge is 0.303 e. The van der Waals surface area contributed by atoms with E-state index in [1.54, 1.807) is 0 Å². The van der Waals surface area contributed by atoms with E-state index >= 15 is 0 Å². The van der Waals surface area contributed by atoms with Crippen molar-refractivity contribution in [3.8, 4) is 0 Å². The number of benzene rings is 1. The lowest BCUT2D eigenvalue weighted by Gasteiger charge is -2.39. The molecule has 0 bridgehead atoms. The minimum Gasteiger partial charge on any atom is -0.481 e. The fraction of sp³-hybridized carbons (Fsp3) is 0.650. The number of hydrogen-bond donors (Lipinski definition) is 2. The molecule has 2 aliphatic rings. The Morgan fingerprint density at radius 1 is 1.12 bits per heavy atom. The van der Waals surface area contributed by atoms with E-state index in [4.69, 9.17) is 5.11 Å². The highest BCUT2D eigenvalue weighted by Gasteiger charge is 2.26. The molecule has 4 nitrogen and oxygen atoms in total. The monoisotopic (exact) mass is 330 g/mol. The molecule has 0 unspecified atom stereocenters. The van der Waals surface area contributed by atoms with Gasteiger partial charge in [0.15, 0.2) is 0 Å². The molecule has 2 N–H and O–H groups in total. The summed E-state index contributed by atoms with van der Waals surface area (Å²) in [6.45, 7) is 2.42. The summed E-state index contributed by atoms with van der Waals surface area (Å²) in [5, 5.41) is 12.5. The largest absolute Gasteiger partial charge is 0.481 e. The van der Waals surface area contributed by atoms with Crippen LogP contribution in [-0.2, 0) is 11.2 Å². The number of nitrogens with one attached hydrogen (secondary N) is 1.